The Morgan fingerprint density at radius 1 is 1.20 bits per heavy atom. The lowest BCUT2D eigenvalue weighted by atomic mass is 10.1. The van der Waals surface area contributed by atoms with Gasteiger partial charge in [0.2, 0.25) is 0 Å². The molecule has 10 heteroatoms. The van der Waals surface area contributed by atoms with Crippen LogP contribution in [0.15, 0.2) is 29.3 Å². The van der Waals surface area contributed by atoms with E-state index < -0.39 is 11.7 Å². The Morgan fingerprint density at radius 3 is 2.57 bits per heavy atom. The monoisotopic (exact) mass is 543 g/mol. The quantitative estimate of drug-likeness (QED) is 0.258. The van der Waals surface area contributed by atoms with E-state index >= 15 is 0 Å². The van der Waals surface area contributed by atoms with E-state index in [9.17, 15) is 13.2 Å². The highest BCUT2D eigenvalue weighted by Crippen LogP contribution is 2.30. The van der Waals surface area contributed by atoms with Crippen molar-refractivity contribution >= 4 is 29.9 Å². The first-order valence-corrected chi connectivity index (χ1v) is 10.0. The molecule has 2 aliphatic heterocycles. The largest absolute Gasteiger partial charge is 0.492 e. The molecule has 2 heterocycles. The highest BCUT2D eigenvalue weighted by Gasteiger charge is 2.32. The number of benzene rings is 1. The summed E-state index contributed by atoms with van der Waals surface area (Å²) in [6.07, 6.45) is -2.07. The summed E-state index contributed by atoms with van der Waals surface area (Å²) in [4.78, 5) is 6.76. The number of rotatable bonds is 6. The topological polar surface area (TPSA) is 55.3 Å². The van der Waals surface area contributed by atoms with Crippen LogP contribution >= 0.6 is 24.0 Å². The van der Waals surface area contributed by atoms with Gasteiger partial charge in [-0.2, -0.15) is 13.2 Å². The van der Waals surface area contributed by atoms with Crippen molar-refractivity contribution in [3.05, 3.63) is 29.8 Å². The van der Waals surface area contributed by atoms with Crippen LogP contribution in [0.3, 0.4) is 0 Å². The molecule has 0 bridgehead atoms. The molecular weight excluding hydrogens is 514 g/mol. The highest BCUT2D eigenvalue weighted by molar-refractivity contribution is 14.0. The van der Waals surface area contributed by atoms with Crippen molar-refractivity contribution in [3.8, 4) is 5.75 Å². The van der Waals surface area contributed by atoms with Crippen molar-refractivity contribution in [2.24, 2.45) is 4.99 Å². The SMILES string of the molecule is CCNC(=NCCOc1ccc(C(F)(F)F)cc1)N1CCOC(C2CCCO2)C1.I. The predicted molar refractivity (Wildman–Crippen MR) is 119 cm³/mol. The smallest absolute Gasteiger partial charge is 0.416 e. The minimum Gasteiger partial charge on any atom is -0.492 e. The van der Waals surface area contributed by atoms with Crippen LogP contribution in [-0.2, 0) is 15.7 Å². The molecule has 6 nitrogen and oxygen atoms in total. The maximum atomic E-state index is 12.6. The number of aliphatic imine (C=N–C) groups is 1. The number of guanidine groups is 1. The minimum atomic E-state index is -4.34. The first-order chi connectivity index (χ1) is 14.0. The van der Waals surface area contributed by atoms with Crippen LogP contribution in [0.1, 0.15) is 25.3 Å². The molecule has 2 unspecified atom stereocenters. The molecule has 0 spiro atoms. The van der Waals surface area contributed by atoms with Crippen molar-refractivity contribution in [2.75, 3.05) is 46.0 Å². The fourth-order valence-electron chi connectivity index (χ4n) is 3.47. The second-order valence-corrected chi connectivity index (χ2v) is 7.01. The Hall–Kier alpha value is -1.27. The van der Waals surface area contributed by atoms with Gasteiger partial charge in [0.05, 0.1) is 24.8 Å². The van der Waals surface area contributed by atoms with Crippen LogP contribution in [0.2, 0.25) is 0 Å². The van der Waals surface area contributed by atoms with Crippen LogP contribution in [0.4, 0.5) is 13.2 Å². The molecule has 2 aliphatic rings. The zero-order valence-electron chi connectivity index (χ0n) is 17.0. The van der Waals surface area contributed by atoms with E-state index in [1.807, 2.05) is 6.92 Å². The van der Waals surface area contributed by atoms with E-state index in [1.165, 1.54) is 12.1 Å². The third kappa shape index (κ3) is 7.16. The average Bonchev–Trinajstić information content (AvgIpc) is 3.25. The van der Waals surface area contributed by atoms with Gasteiger partial charge in [0.25, 0.3) is 0 Å². The maximum Gasteiger partial charge on any atom is 0.416 e. The maximum absolute atomic E-state index is 12.6. The Labute approximate surface area is 192 Å². The van der Waals surface area contributed by atoms with Crippen LogP contribution < -0.4 is 10.1 Å². The van der Waals surface area contributed by atoms with E-state index in [2.05, 4.69) is 15.2 Å². The van der Waals surface area contributed by atoms with E-state index in [0.29, 0.717) is 18.9 Å². The van der Waals surface area contributed by atoms with E-state index in [1.54, 1.807) is 0 Å². The van der Waals surface area contributed by atoms with Crippen LogP contribution in [0.5, 0.6) is 5.75 Å². The molecule has 30 heavy (non-hydrogen) atoms. The van der Waals surface area contributed by atoms with Crippen molar-refractivity contribution in [1.29, 1.82) is 0 Å². The zero-order chi connectivity index (χ0) is 20.7. The second-order valence-electron chi connectivity index (χ2n) is 7.01. The second kappa shape index (κ2) is 11.9. The Kier molecular flexibility index (Phi) is 9.95. The number of alkyl halides is 3. The number of hydrogen-bond acceptors (Lipinski definition) is 4. The number of hydrogen-bond donors (Lipinski definition) is 1. The first kappa shape index (κ1) is 25.0. The molecule has 2 atom stereocenters. The molecule has 0 saturated carbocycles. The van der Waals surface area contributed by atoms with E-state index in [-0.39, 0.29) is 42.8 Å². The standard InChI is InChI=1S/C20H28F3N3O3.HI/c1-2-24-19(26-10-13-29-18(14-26)17-4-3-11-28-17)25-9-12-27-16-7-5-15(6-8-16)20(21,22)23;/h5-8,17-18H,2-4,9-14H2,1H3,(H,24,25);1H. The Bertz CT molecular complexity index is 668. The number of ether oxygens (including phenoxy) is 3. The van der Waals surface area contributed by atoms with Gasteiger partial charge in [-0.05, 0) is 44.0 Å². The van der Waals surface area contributed by atoms with Gasteiger partial charge in [-0.1, -0.05) is 0 Å². The lowest BCUT2D eigenvalue weighted by Crippen LogP contribution is -2.53. The van der Waals surface area contributed by atoms with E-state index in [4.69, 9.17) is 14.2 Å². The summed E-state index contributed by atoms with van der Waals surface area (Å²) < 4.78 is 55.0. The minimum absolute atomic E-state index is 0. The summed E-state index contributed by atoms with van der Waals surface area (Å²) >= 11 is 0. The molecule has 1 N–H and O–H groups in total. The fourth-order valence-corrected chi connectivity index (χ4v) is 3.47. The predicted octanol–water partition coefficient (Wildman–Crippen LogP) is 3.55. The van der Waals surface area contributed by atoms with Crippen LogP contribution in [-0.4, -0.2) is 69.1 Å². The van der Waals surface area contributed by atoms with Crippen molar-refractivity contribution in [3.63, 3.8) is 0 Å². The molecule has 0 aliphatic carbocycles. The number of nitrogens with zero attached hydrogens (tertiary/aromatic N) is 2. The Morgan fingerprint density at radius 2 is 1.93 bits per heavy atom. The molecule has 2 fully saturated rings. The van der Waals surface area contributed by atoms with Gasteiger partial charge in [0.1, 0.15) is 18.5 Å². The van der Waals surface area contributed by atoms with Crippen LogP contribution in [0.25, 0.3) is 0 Å². The zero-order valence-corrected chi connectivity index (χ0v) is 19.3. The molecule has 0 radical (unpaired) electrons. The first-order valence-electron chi connectivity index (χ1n) is 10.0. The average molecular weight is 543 g/mol. The number of nitrogens with one attached hydrogen (secondary N) is 1. The molecule has 1 aromatic rings. The summed E-state index contributed by atoms with van der Waals surface area (Å²) in [5, 5.41) is 3.29. The lowest BCUT2D eigenvalue weighted by Gasteiger charge is -2.37. The number of morpholine rings is 1. The molecule has 1 aromatic carbocycles. The summed E-state index contributed by atoms with van der Waals surface area (Å²) in [7, 11) is 0. The molecule has 2 saturated heterocycles. The fraction of sp³-hybridized carbons (Fsp3) is 0.650. The summed E-state index contributed by atoms with van der Waals surface area (Å²) in [6.45, 7) is 6.29. The Balaban J connectivity index is 0.00000320. The third-order valence-corrected chi connectivity index (χ3v) is 4.91. The molecular formula is C20H29F3IN3O3. The highest BCUT2D eigenvalue weighted by atomic mass is 127. The van der Waals surface area contributed by atoms with Crippen molar-refractivity contribution in [2.45, 2.75) is 38.1 Å². The van der Waals surface area contributed by atoms with Gasteiger partial charge in [-0.15, -0.1) is 24.0 Å². The van der Waals surface area contributed by atoms with Gasteiger partial charge in [0.15, 0.2) is 5.96 Å². The number of halogens is 4. The van der Waals surface area contributed by atoms with Gasteiger partial charge in [-0.3, -0.25) is 0 Å². The third-order valence-electron chi connectivity index (χ3n) is 4.91. The van der Waals surface area contributed by atoms with Crippen LogP contribution in [0, 0.1) is 0 Å². The molecule has 0 aromatic heterocycles. The summed E-state index contributed by atoms with van der Waals surface area (Å²) in [5.41, 5.74) is -0.689. The van der Waals surface area contributed by atoms with Crippen molar-refractivity contribution < 1.29 is 27.4 Å². The summed E-state index contributed by atoms with van der Waals surface area (Å²) in [5.74, 6) is 1.18. The summed E-state index contributed by atoms with van der Waals surface area (Å²) in [6, 6.07) is 4.68. The van der Waals surface area contributed by atoms with E-state index in [0.717, 1.165) is 57.2 Å². The van der Waals surface area contributed by atoms with Gasteiger partial charge in [-0.25, -0.2) is 4.99 Å². The van der Waals surface area contributed by atoms with Gasteiger partial charge < -0.3 is 24.4 Å². The molecule has 3 rings (SSSR count). The normalized spacial score (nSPS) is 22.5. The van der Waals surface area contributed by atoms with Gasteiger partial charge >= 0.3 is 6.18 Å². The van der Waals surface area contributed by atoms with Crippen molar-refractivity contribution in [1.82, 2.24) is 10.2 Å². The van der Waals surface area contributed by atoms with Gasteiger partial charge in [0, 0.05) is 26.2 Å². The molecule has 0 amide bonds. The lowest BCUT2D eigenvalue weighted by molar-refractivity contribution is -0.137. The molecule has 170 valence electrons.